The molecule has 5 N–H and O–H groups in total. The molecule has 1 heterocycles. The molecule has 0 aromatic carbocycles. The number of hydrogen-bond acceptors (Lipinski definition) is 5. The van der Waals surface area contributed by atoms with Crippen molar-refractivity contribution in [3.05, 3.63) is 0 Å². The summed E-state index contributed by atoms with van der Waals surface area (Å²) in [5, 5.41) is 27.4. The maximum absolute atomic E-state index is 9.35. The summed E-state index contributed by atoms with van der Waals surface area (Å²) in [6, 6.07) is -0.595. The van der Waals surface area contributed by atoms with Crippen molar-refractivity contribution in [1.82, 2.24) is 0 Å². The highest BCUT2D eigenvalue weighted by Gasteiger charge is 2.40. The first-order chi connectivity index (χ1) is 5.57. The lowest BCUT2D eigenvalue weighted by Crippen LogP contribution is -2.60. The second-order valence-corrected chi connectivity index (χ2v) is 3.12. The second kappa shape index (κ2) is 3.68. The first-order valence-corrected chi connectivity index (χ1v) is 3.96. The first-order valence-electron chi connectivity index (χ1n) is 3.96. The zero-order chi connectivity index (χ0) is 9.30. The van der Waals surface area contributed by atoms with Crippen molar-refractivity contribution in [2.45, 2.75) is 37.4 Å². The van der Waals surface area contributed by atoms with Gasteiger partial charge in [0.2, 0.25) is 0 Å². The number of rotatable bonds is 1. The molecule has 0 aromatic heterocycles. The van der Waals surface area contributed by atoms with E-state index < -0.39 is 24.4 Å². The quantitative estimate of drug-likeness (QED) is 0.365. The summed E-state index contributed by atoms with van der Waals surface area (Å²) < 4.78 is 5.15. The summed E-state index contributed by atoms with van der Waals surface area (Å²) in [4.78, 5) is 0. The Morgan fingerprint density at radius 1 is 1.33 bits per heavy atom. The van der Waals surface area contributed by atoms with Crippen LogP contribution in [0.1, 0.15) is 6.92 Å². The zero-order valence-electron chi connectivity index (χ0n) is 6.92. The topological polar surface area (TPSA) is 95.9 Å². The molecule has 0 radical (unpaired) electrons. The summed E-state index contributed by atoms with van der Waals surface area (Å²) in [7, 11) is 0. The van der Waals surface area contributed by atoms with Gasteiger partial charge >= 0.3 is 0 Å². The van der Waals surface area contributed by atoms with Gasteiger partial charge in [0.15, 0.2) is 0 Å². The lowest BCUT2D eigenvalue weighted by atomic mass is 9.94. The molecular formula is C7H15NO4. The molecule has 72 valence electrons. The minimum absolute atomic E-state index is 0.310. The molecule has 0 bridgehead atoms. The molecule has 1 fully saturated rings. The van der Waals surface area contributed by atoms with Crippen LogP contribution in [0, 0.1) is 0 Å². The molecule has 2 unspecified atom stereocenters. The summed E-state index contributed by atoms with van der Waals surface area (Å²) in [6.07, 6.45) is -3.19. The molecule has 5 heteroatoms. The highest BCUT2D eigenvalue weighted by molar-refractivity contribution is 4.92. The van der Waals surface area contributed by atoms with E-state index in [4.69, 9.17) is 15.6 Å². The molecule has 0 amide bonds. The second-order valence-electron chi connectivity index (χ2n) is 3.12. The number of ether oxygens (including phenoxy) is 1. The van der Waals surface area contributed by atoms with E-state index in [9.17, 15) is 10.2 Å². The number of nitrogens with two attached hydrogens (primary N) is 1. The van der Waals surface area contributed by atoms with E-state index in [1.165, 1.54) is 0 Å². The Morgan fingerprint density at radius 2 is 1.92 bits per heavy atom. The molecule has 5 nitrogen and oxygen atoms in total. The molecule has 0 aromatic rings. The maximum atomic E-state index is 9.35. The Morgan fingerprint density at radius 3 is 2.42 bits per heavy atom. The van der Waals surface area contributed by atoms with E-state index in [2.05, 4.69) is 0 Å². The SMILES string of the molecule is C[C@@H]1O[C@H](CO)C(O)[C@H](O)C1N. The van der Waals surface area contributed by atoms with Gasteiger partial charge in [0.1, 0.15) is 18.3 Å². The summed E-state index contributed by atoms with van der Waals surface area (Å²) in [6.45, 7) is 1.39. The van der Waals surface area contributed by atoms with Crippen LogP contribution in [-0.4, -0.2) is 52.4 Å². The Labute approximate surface area is 70.8 Å². The van der Waals surface area contributed by atoms with Crippen molar-refractivity contribution in [1.29, 1.82) is 0 Å². The third kappa shape index (κ3) is 1.60. The van der Waals surface area contributed by atoms with Gasteiger partial charge in [-0.2, -0.15) is 0 Å². The van der Waals surface area contributed by atoms with Crippen molar-refractivity contribution >= 4 is 0 Å². The number of aliphatic hydroxyl groups excluding tert-OH is 3. The molecule has 5 atom stereocenters. The van der Waals surface area contributed by atoms with Crippen molar-refractivity contribution in [3.63, 3.8) is 0 Å². The smallest absolute Gasteiger partial charge is 0.110 e. The maximum Gasteiger partial charge on any atom is 0.110 e. The summed E-state index contributed by atoms with van der Waals surface area (Å²) in [5.41, 5.74) is 5.51. The van der Waals surface area contributed by atoms with Gasteiger partial charge in [-0.1, -0.05) is 0 Å². The van der Waals surface area contributed by atoms with Gasteiger partial charge in [-0.3, -0.25) is 0 Å². The highest BCUT2D eigenvalue weighted by Crippen LogP contribution is 2.18. The van der Waals surface area contributed by atoms with Crippen molar-refractivity contribution in [3.8, 4) is 0 Å². The third-order valence-electron chi connectivity index (χ3n) is 2.24. The van der Waals surface area contributed by atoms with Crippen LogP contribution in [0.5, 0.6) is 0 Å². The van der Waals surface area contributed by atoms with Gasteiger partial charge in [-0.25, -0.2) is 0 Å². The molecule has 1 rings (SSSR count). The van der Waals surface area contributed by atoms with E-state index in [1.54, 1.807) is 6.92 Å². The van der Waals surface area contributed by atoms with Crippen LogP contribution in [0.3, 0.4) is 0 Å². The molecule has 1 saturated heterocycles. The fourth-order valence-electron chi connectivity index (χ4n) is 1.32. The van der Waals surface area contributed by atoms with E-state index in [-0.39, 0.29) is 12.7 Å². The van der Waals surface area contributed by atoms with Crippen molar-refractivity contribution in [2.24, 2.45) is 5.73 Å². The van der Waals surface area contributed by atoms with Crippen LogP contribution < -0.4 is 5.73 Å². The number of hydrogen-bond donors (Lipinski definition) is 4. The summed E-state index contributed by atoms with van der Waals surface area (Å²) >= 11 is 0. The van der Waals surface area contributed by atoms with E-state index >= 15 is 0 Å². The van der Waals surface area contributed by atoms with Crippen LogP contribution in [-0.2, 0) is 4.74 Å². The van der Waals surface area contributed by atoms with Gasteiger partial charge in [-0.05, 0) is 6.92 Å². The minimum Gasteiger partial charge on any atom is -0.394 e. The predicted octanol–water partition coefficient (Wildman–Crippen LogP) is -2.18. The molecule has 0 spiro atoms. The fraction of sp³-hybridized carbons (Fsp3) is 1.00. The predicted molar refractivity (Wildman–Crippen MR) is 41.4 cm³/mol. The summed E-state index contributed by atoms with van der Waals surface area (Å²) in [5.74, 6) is 0. The minimum atomic E-state index is -1.10. The lowest BCUT2D eigenvalue weighted by molar-refractivity contribution is -0.183. The van der Waals surface area contributed by atoms with Crippen LogP contribution in [0.15, 0.2) is 0 Å². The van der Waals surface area contributed by atoms with Crippen molar-refractivity contribution < 1.29 is 20.1 Å². The van der Waals surface area contributed by atoms with Gasteiger partial charge in [0.05, 0.1) is 18.8 Å². The van der Waals surface area contributed by atoms with E-state index in [0.717, 1.165) is 0 Å². The Balaban J connectivity index is 2.63. The highest BCUT2D eigenvalue weighted by atomic mass is 16.5. The standard InChI is InChI=1S/C7H15NO4/c1-3-5(8)7(11)6(10)4(2-9)12-3/h3-7,9-11H,2,8H2,1H3/t3-,4+,5?,6?,7+/m0/s1. The molecule has 0 aliphatic carbocycles. The Hall–Kier alpha value is -0.200. The molecule has 1 aliphatic heterocycles. The fourth-order valence-corrected chi connectivity index (χ4v) is 1.32. The van der Waals surface area contributed by atoms with E-state index in [1.807, 2.05) is 0 Å². The molecule has 12 heavy (non-hydrogen) atoms. The number of aliphatic hydroxyl groups is 3. The average Bonchev–Trinajstić information content (AvgIpc) is 2.08. The van der Waals surface area contributed by atoms with Crippen LogP contribution in [0.4, 0.5) is 0 Å². The van der Waals surface area contributed by atoms with Gasteiger partial charge < -0.3 is 25.8 Å². The van der Waals surface area contributed by atoms with Crippen LogP contribution in [0.2, 0.25) is 0 Å². The van der Waals surface area contributed by atoms with Gasteiger partial charge in [0, 0.05) is 0 Å². The molecule has 1 aliphatic rings. The monoisotopic (exact) mass is 177 g/mol. The van der Waals surface area contributed by atoms with Crippen LogP contribution >= 0.6 is 0 Å². The van der Waals surface area contributed by atoms with Crippen LogP contribution in [0.25, 0.3) is 0 Å². The lowest BCUT2D eigenvalue weighted by Gasteiger charge is -2.39. The molecular weight excluding hydrogens is 162 g/mol. The van der Waals surface area contributed by atoms with Gasteiger partial charge in [-0.15, -0.1) is 0 Å². The average molecular weight is 177 g/mol. The molecule has 0 saturated carbocycles. The van der Waals surface area contributed by atoms with E-state index in [0.29, 0.717) is 0 Å². The Kier molecular flexibility index (Phi) is 3.03. The Bertz CT molecular complexity index is 150. The first kappa shape index (κ1) is 9.88. The zero-order valence-corrected chi connectivity index (χ0v) is 6.92. The largest absolute Gasteiger partial charge is 0.394 e. The normalized spacial score (nSPS) is 49.2. The van der Waals surface area contributed by atoms with Crippen molar-refractivity contribution in [2.75, 3.05) is 6.61 Å². The third-order valence-corrected chi connectivity index (χ3v) is 2.24. The van der Waals surface area contributed by atoms with Gasteiger partial charge in [0.25, 0.3) is 0 Å².